The SMILES string of the molecule is Cc1ccc(F)cc1NC(=O)C(=O)NC(C)CC(O)c1ccccc1. The van der Waals surface area contributed by atoms with Crippen LogP contribution >= 0.6 is 0 Å². The molecular weight excluding hydrogens is 323 g/mol. The van der Waals surface area contributed by atoms with Crippen LogP contribution in [0.2, 0.25) is 0 Å². The van der Waals surface area contributed by atoms with E-state index in [1.54, 1.807) is 26.0 Å². The van der Waals surface area contributed by atoms with Crippen molar-refractivity contribution in [3.8, 4) is 0 Å². The van der Waals surface area contributed by atoms with E-state index in [0.717, 1.165) is 11.6 Å². The second-order valence-electron chi connectivity index (χ2n) is 5.95. The van der Waals surface area contributed by atoms with Gasteiger partial charge in [-0.15, -0.1) is 0 Å². The maximum absolute atomic E-state index is 13.2. The molecule has 2 amide bonds. The van der Waals surface area contributed by atoms with E-state index in [-0.39, 0.29) is 12.1 Å². The second kappa shape index (κ2) is 8.39. The van der Waals surface area contributed by atoms with Crippen LogP contribution in [-0.4, -0.2) is 23.0 Å². The topological polar surface area (TPSA) is 78.4 Å². The number of hydrogen-bond acceptors (Lipinski definition) is 3. The van der Waals surface area contributed by atoms with Gasteiger partial charge in [0, 0.05) is 11.7 Å². The number of carbonyl (C=O) groups excluding carboxylic acids is 2. The van der Waals surface area contributed by atoms with Crippen LogP contribution < -0.4 is 10.6 Å². The summed E-state index contributed by atoms with van der Waals surface area (Å²) in [6.07, 6.45) is -0.479. The Morgan fingerprint density at radius 1 is 1.12 bits per heavy atom. The fourth-order valence-electron chi connectivity index (χ4n) is 2.40. The van der Waals surface area contributed by atoms with Crippen molar-refractivity contribution in [2.45, 2.75) is 32.4 Å². The van der Waals surface area contributed by atoms with E-state index in [1.807, 2.05) is 18.2 Å². The van der Waals surface area contributed by atoms with Crippen LogP contribution in [0.15, 0.2) is 48.5 Å². The third-order valence-corrected chi connectivity index (χ3v) is 3.79. The molecule has 132 valence electrons. The van der Waals surface area contributed by atoms with Gasteiger partial charge >= 0.3 is 11.8 Å². The molecule has 0 spiro atoms. The average Bonchev–Trinajstić information content (AvgIpc) is 2.58. The number of anilines is 1. The van der Waals surface area contributed by atoms with Crippen molar-refractivity contribution in [2.75, 3.05) is 5.32 Å². The van der Waals surface area contributed by atoms with Gasteiger partial charge in [-0.25, -0.2) is 4.39 Å². The lowest BCUT2D eigenvalue weighted by Gasteiger charge is -2.18. The minimum atomic E-state index is -0.880. The number of hydrogen-bond donors (Lipinski definition) is 3. The number of amides is 2. The largest absolute Gasteiger partial charge is 0.388 e. The van der Waals surface area contributed by atoms with Gasteiger partial charge in [0.05, 0.1) is 6.10 Å². The summed E-state index contributed by atoms with van der Waals surface area (Å²) in [5.41, 5.74) is 1.63. The average molecular weight is 344 g/mol. The molecule has 25 heavy (non-hydrogen) atoms. The second-order valence-corrected chi connectivity index (χ2v) is 5.95. The number of benzene rings is 2. The standard InChI is InChI=1S/C19H21FN2O3/c1-12-8-9-15(20)11-16(12)22-19(25)18(24)21-13(2)10-17(23)14-6-4-3-5-7-14/h3-9,11,13,17,23H,10H2,1-2H3,(H,21,24)(H,22,25). The van der Waals surface area contributed by atoms with Crippen molar-refractivity contribution in [1.82, 2.24) is 5.32 Å². The van der Waals surface area contributed by atoms with E-state index in [4.69, 9.17) is 0 Å². The highest BCUT2D eigenvalue weighted by molar-refractivity contribution is 6.39. The summed E-state index contributed by atoms with van der Waals surface area (Å²) in [6, 6.07) is 12.6. The number of aliphatic hydroxyl groups is 1. The Morgan fingerprint density at radius 2 is 1.80 bits per heavy atom. The smallest absolute Gasteiger partial charge is 0.313 e. The molecule has 0 fully saturated rings. The fraction of sp³-hybridized carbons (Fsp3) is 0.263. The third kappa shape index (κ3) is 5.39. The first-order valence-electron chi connectivity index (χ1n) is 7.98. The van der Waals surface area contributed by atoms with Crippen molar-refractivity contribution in [1.29, 1.82) is 0 Å². The van der Waals surface area contributed by atoms with Crippen LogP contribution in [0, 0.1) is 12.7 Å². The first kappa shape index (κ1) is 18.6. The van der Waals surface area contributed by atoms with Gasteiger partial charge in [-0.3, -0.25) is 9.59 Å². The van der Waals surface area contributed by atoms with Gasteiger partial charge in [-0.2, -0.15) is 0 Å². The fourth-order valence-corrected chi connectivity index (χ4v) is 2.40. The van der Waals surface area contributed by atoms with E-state index in [1.165, 1.54) is 12.1 Å². The molecule has 0 aromatic heterocycles. The number of rotatable bonds is 5. The Bertz CT molecular complexity index is 750. The number of aryl methyl sites for hydroxylation is 1. The molecule has 2 aromatic rings. The molecule has 0 heterocycles. The van der Waals surface area contributed by atoms with E-state index >= 15 is 0 Å². The van der Waals surface area contributed by atoms with Crippen LogP contribution in [0.3, 0.4) is 0 Å². The summed E-state index contributed by atoms with van der Waals surface area (Å²) >= 11 is 0. The molecule has 0 aliphatic heterocycles. The number of nitrogens with one attached hydrogen (secondary N) is 2. The summed E-state index contributed by atoms with van der Waals surface area (Å²) in [7, 11) is 0. The maximum Gasteiger partial charge on any atom is 0.313 e. The first-order chi connectivity index (χ1) is 11.9. The summed E-state index contributed by atoms with van der Waals surface area (Å²) < 4.78 is 13.2. The van der Waals surface area contributed by atoms with Crippen molar-refractivity contribution < 1.29 is 19.1 Å². The van der Waals surface area contributed by atoms with Crippen LogP contribution in [0.1, 0.15) is 30.6 Å². The Morgan fingerprint density at radius 3 is 2.48 bits per heavy atom. The molecule has 0 aliphatic rings. The summed E-state index contributed by atoms with van der Waals surface area (Å²) in [5.74, 6) is -2.22. The van der Waals surface area contributed by atoms with Crippen molar-refractivity contribution in [3.63, 3.8) is 0 Å². The minimum absolute atomic E-state index is 0.247. The van der Waals surface area contributed by atoms with Gasteiger partial charge in [-0.1, -0.05) is 36.4 Å². The Balaban J connectivity index is 1.90. The molecule has 0 aliphatic carbocycles. The van der Waals surface area contributed by atoms with E-state index < -0.39 is 29.8 Å². The Hall–Kier alpha value is -2.73. The summed E-state index contributed by atoms with van der Waals surface area (Å²) in [6.45, 7) is 3.40. The molecule has 0 radical (unpaired) electrons. The number of carbonyl (C=O) groups is 2. The maximum atomic E-state index is 13.2. The number of aliphatic hydroxyl groups excluding tert-OH is 1. The van der Waals surface area contributed by atoms with Gasteiger partial charge in [0.25, 0.3) is 0 Å². The molecule has 0 bridgehead atoms. The zero-order valence-electron chi connectivity index (χ0n) is 14.1. The molecule has 0 saturated heterocycles. The predicted octanol–water partition coefficient (Wildman–Crippen LogP) is 2.70. The normalized spacial score (nSPS) is 13.0. The van der Waals surface area contributed by atoms with Gasteiger partial charge in [0.15, 0.2) is 0 Å². The summed E-state index contributed by atoms with van der Waals surface area (Å²) in [4.78, 5) is 23.9. The monoisotopic (exact) mass is 344 g/mol. The molecule has 2 aromatic carbocycles. The molecule has 6 heteroatoms. The minimum Gasteiger partial charge on any atom is -0.388 e. The van der Waals surface area contributed by atoms with Crippen LogP contribution in [0.5, 0.6) is 0 Å². The Labute approximate surface area is 145 Å². The van der Waals surface area contributed by atoms with E-state index in [9.17, 15) is 19.1 Å². The molecule has 5 nitrogen and oxygen atoms in total. The summed E-state index contributed by atoms with van der Waals surface area (Å²) in [5, 5.41) is 15.1. The van der Waals surface area contributed by atoms with Crippen LogP contribution in [0.4, 0.5) is 10.1 Å². The first-order valence-corrected chi connectivity index (χ1v) is 7.98. The van der Waals surface area contributed by atoms with E-state index in [2.05, 4.69) is 10.6 Å². The quantitative estimate of drug-likeness (QED) is 0.730. The zero-order chi connectivity index (χ0) is 18.4. The molecule has 3 N–H and O–H groups in total. The molecule has 0 saturated carbocycles. The molecular formula is C19H21FN2O3. The lowest BCUT2D eigenvalue weighted by atomic mass is 10.0. The molecule has 2 atom stereocenters. The lowest BCUT2D eigenvalue weighted by molar-refractivity contribution is -0.136. The third-order valence-electron chi connectivity index (χ3n) is 3.79. The lowest BCUT2D eigenvalue weighted by Crippen LogP contribution is -2.41. The van der Waals surface area contributed by atoms with Gasteiger partial charge in [-0.05, 0) is 43.5 Å². The van der Waals surface area contributed by atoms with Crippen LogP contribution in [0.25, 0.3) is 0 Å². The van der Waals surface area contributed by atoms with Gasteiger partial charge in [0.2, 0.25) is 0 Å². The predicted molar refractivity (Wildman–Crippen MR) is 93.4 cm³/mol. The molecule has 2 rings (SSSR count). The molecule has 2 unspecified atom stereocenters. The Kier molecular flexibility index (Phi) is 6.25. The van der Waals surface area contributed by atoms with Crippen molar-refractivity contribution in [3.05, 3.63) is 65.5 Å². The van der Waals surface area contributed by atoms with Gasteiger partial charge < -0.3 is 15.7 Å². The number of halogens is 1. The highest BCUT2D eigenvalue weighted by Gasteiger charge is 2.19. The van der Waals surface area contributed by atoms with Crippen LogP contribution in [-0.2, 0) is 9.59 Å². The zero-order valence-corrected chi connectivity index (χ0v) is 14.1. The van der Waals surface area contributed by atoms with E-state index in [0.29, 0.717) is 5.56 Å². The van der Waals surface area contributed by atoms with Crippen molar-refractivity contribution >= 4 is 17.5 Å². The van der Waals surface area contributed by atoms with Gasteiger partial charge in [0.1, 0.15) is 5.82 Å². The van der Waals surface area contributed by atoms with Crippen molar-refractivity contribution in [2.24, 2.45) is 0 Å². The highest BCUT2D eigenvalue weighted by Crippen LogP contribution is 2.18. The highest BCUT2D eigenvalue weighted by atomic mass is 19.1.